The predicted octanol–water partition coefficient (Wildman–Crippen LogP) is 4.10. The summed E-state index contributed by atoms with van der Waals surface area (Å²) < 4.78 is 5.62. The van der Waals surface area contributed by atoms with Crippen molar-refractivity contribution in [2.24, 2.45) is 5.92 Å². The fourth-order valence-corrected chi connectivity index (χ4v) is 3.14. The van der Waals surface area contributed by atoms with Gasteiger partial charge >= 0.3 is 0 Å². The van der Waals surface area contributed by atoms with E-state index in [0.717, 1.165) is 36.6 Å². The molecule has 1 amide bonds. The van der Waals surface area contributed by atoms with Crippen molar-refractivity contribution in [1.29, 1.82) is 0 Å². The van der Waals surface area contributed by atoms with E-state index in [1.807, 2.05) is 42.2 Å². The van der Waals surface area contributed by atoms with Crippen molar-refractivity contribution in [3.8, 4) is 5.75 Å². The number of likely N-dealkylation sites (tertiary alicyclic amines) is 1. The van der Waals surface area contributed by atoms with Gasteiger partial charge in [0.2, 0.25) is 0 Å². The molecule has 0 bridgehead atoms. The van der Waals surface area contributed by atoms with Crippen LogP contribution in [0.4, 0.5) is 11.4 Å². The first-order valence-electron chi connectivity index (χ1n) is 8.91. The van der Waals surface area contributed by atoms with Crippen LogP contribution in [0, 0.1) is 5.92 Å². The zero-order valence-electron chi connectivity index (χ0n) is 14.9. The molecule has 1 aromatic carbocycles. The summed E-state index contributed by atoms with van der Waals surface area (Å²) in [7, 11) is 0. The van der Waals surface area contributed by atoms with Gasteiger partial charge in [0.15, 0.2) is 0 Å². The van der Waals surface area contributed by atoms with Crippen molar-refractivity contribution in [2.75, 3.05) is 25.0 Å². The van der Waals surface area contributed by atoms with E-state index in [-0.39, 0.29) is 5.91 Å². The van der Waals surface area contributed by atoms with Gasteiger partial charge in [-0.05, 0) is 49.9 Å². The molecule has 1 aliphatic heterocycles. The van der Waals surface area contributed by atoms with Crippen LogP contribution in [0.5, 0.6) is 5.75 Å². The van der Waals surface area contributed by atoms with Gasteiger partial charge < -0.3 is 15.0 Å². The number of pyridine rings is 1. The molecule has 1 unspecified atom stereocenters. The molecule has 1 aliphatic rings. The van der Waals surface area contributed by atoms with Gasteiger partial charge in [-0.25, -0.2) is 4.98 Å². The van der Waals surface area contributed by atoms with Crippen LogP contribution in [-0.2, 0) is 0 Å². The summed E-state index contributed by atoms with van der Waals surface area (Å²) in [5, 5.41) is 3.30. The number of piperidine rings is 1. The number of hydrogen-bond donors (Lipinski definition) is 1. The summed E-state index contributed by atoms with van der Waals surface area (Å²) in [4.78, 5) is 18.8. The van der Waals surface area contributed by atoms with E-state index in [4.69, 9.17) is 4.74 Å². The Bertz CT molecular complexity index is 715. The second-order valence-electron chi connectivity index (χ2n) is 6.48. The van der Waals surface area contributed by atoms with Crippen LogP contribution in [0.15, 0.2) is 42.6 Å². The Morgan fingerprint density at radius 2 is 2.16 bits per heavy atom. The Kier molecular flexibility index (Phi) is 5.53. The molecule has 1 aromatic heterocycles. The summed E-state index contributed by atoms with van der Waals surface area (Å²) in [6, 6.07) is 11.4. The molecular formula is C20H25N3O2. The van der Waals surface area contributed by atoms with E-state index >= 15 is 0 Å². The van der Waals surface area contributed by atoms with Crippen molar-refractivity contribution < 1.29 is 9.53 Å². The molecule has 1 N–H and O–H groups in total. The highest BCUT2D eigenvalue weighted by Gasteiger charge is 2.22. The topological polar surface area (TPSA) is 54.5 Å². The smallest absolute Gasteiger partial charge is 0.272 e. The molecule has 25 heavy (non-hydrogen) atoms. The summed E-state index contributed by atoms with van der Waals surface area (Å²) >= 11 is 0. The predicted molar refractivity (Wildman–Crippen MR) is 99.4 cm³/mol. The molecular weight excluding hydrogens is 314 g/mol. The van der Waals surface area contributed by atoms with Crippen LogP contribution in [0.25, 0.3) is 0 Å². The number of ether oxygens (including phenoxy) is 1. The van der Waals surface area contributed by atoms with E-state index in [9.17, 15) is 4.79 Å². The zero-order chi connectivity index (χ0) is 17.6. The molecule has 132 valence electrons. The molecule has 5 nitrogen and oxygen atoms in total. The van der Waals surface area contributed by atoms with Crippen LogP contribution in [0.2, 0.25) is 0 Å². The molecule has 1 saturated heterocycles. The lowest BCUT2D eigenvalue weighted by Crippen LogP contribution is -2.39. The average Bonchev–Trinajstić information content (AvgIpc) is 2.64. The minimum Gasteiger partial charge on any atom is -0.492 e. The molecule has 1 fully saturated rings. The lowest BCUT2D eigenvalue weighted by molar-refractivity contribution is 0.0677. The molecule has 1 atom stereocenters. The van der Waals surface area contributed by atoms with E-state index in [1.54, 1.807) is 12.3 Å². The second-order valence-corrected chi connectivity index (χ2v) is 6.48. The van der Waals surface area contributed by atoms with Gasteiger partial charge in [-0.2, -0.15) is 0 Å². The molecule has 0 aliphatic carbocycles. The van der Waals surface area contributed by atoms with Crippen LogP contribution in [-0.4, -0.2) is 35.5 Å². The monoisotopic (exact) mass is 339 g/mol. The third-order valence-corrected chi connectivity index (χ3v) is 4.39. The van der Waals surface area contributed by atoms with E-state index in [0.29, 0.717) is 18.2 Å². The highest BCUT2D eigenvalue weighted by molar-refractivity contribution is 5.92. The number of amides is 1. The van der Waals surface area contributed by atoms with E-state index in [2.05, 4.69) is 17.2 Å². The van der Waals surface area contributed by atoms with Crippen LogP contribution < -0.4 is 10.1 Å². The molecule has 2 heterocycles. The first-order chi connectivity index (χ1) is 12.2. The van der Waals surface area contributed by atoms with Gasteiger partial charge in [-0.3, -0.25) is 4.79 Å². The van der Waals surface area contributed by atoms with Crippen molar-refractivity contribution in [2.45, 2.75) is 26.7 Å². The maximum atomic E-state index is 12.6. The first kappa shape index (κ1) is 17.3. The first-order valence-corrected chi connectivity index (χ1v) is 8.91. The van der Waals surface area contributed by atoms with Crippen molar-refractivity contribution >= 4 is 17.3 Å². The van der Waals surface area contributed by atoms with Gasteiger partial charge in [0, 0.05) is 13.1 Å². The van der Waals surface area contributed by atoms with Crippen LogP contribution >= 0.6 is 0 Å². The van der Waals surface area contributed by atoms with Crippen molar-refractivity contribution in [1.82, 2.24) is 9.88 Å². The number of carbonyl (C=O) groups excluding carboxylic acids is 1. The number of rotatable bonds is 5. The number of carbonyl (C=O) groups is 1. The number of nitrogens with one attached hydrogen (secondary N) is 1. The lowest BCUT2D eigenvalue weighted by Gasteiger charge is -2.30. The fourth-order valence-electron chi connectivity index (χ4n) is 3.14. The molecule has 5 heteroatoms. The third-order valence-electron chi connectivity index (χ3n) is 4.39. The SMILES string of the molecule is CCOc1ccccc1Nc1ccc(C(=O)N2CCCC(C)C2)nc1. The number of benzene rings is 1. The van der Waals surface area contributed by atoms with Crippen molar-refractivity contribution in [3.05, 3.63) is 48.3 Å². The van der Waals surface area contributed by atoms with E-state index < -0.39 is 0 Å². The normalized spacial score (nSPS) is 17.2. The molecule has 0 radical (unpaired) electrons. The number of nitrogens with zero attached hydrogens (tertiary/aromatic N) is 2. The summed E-state index contributed by atoms with van der Waals surface area (Å²) in [6.07, 6.45) is 3.96. The Hall–Kier alpha value is -2.56. The second kappa shape index (κ2) is 8.01. The maximum Gasteiger partial charge on any atom is 0.272 e. The quantitative estimate of drug-likeness (QED) is 0.891. The molecule has 2 aromatic rings. The third kappa shape index (κ3) is 4.29. The summed E-state index contributed by atoms with van der Waals surface area (Å²) in [5.74, 6) is 1.38. The minimum absolute atomic E-state index is 0.0211. The molecule has 0 saturated carbocycles. The number of para-hydroxylation sites is 2. The Labute approximate surface area is 149 Å². The molecule has 3 rings (SSSR count). The lowest BCUT2D eigenvalue weighted by atomic mass is 10.00. The fraction of sp³-hybridized carbons (Fsp3) is 0.400. The van der Waals surface area contributed by atoms with Gasteiger partial charge in [0.1, 0.15) is 11.4 Å². The van der Waals surface area contributed by atoms with Gasteiger partial charge in [0.05, 0.1) is 24.2 Å². The van der Waals surface area contributed by atoms with Gasteiger partial charge in [-0.15, -0.1) is 0 Å². The Morgan fingerprint density at radius 1 is 1.32 bits per heavy atom. The average molecular weight is 339 g/mol. The number of anilines is 2. The van der Waals surface area contributed by atoms with E-state index in [1.165, 1.54) is 6.42 Å². The van der Waals surface area contributed by atoms with Crippen molar-refractivity contribution in [3.63, 3.8) is 0 Å². The summed E-state index contributed by atoms with van der Waals surface area (Å²) in [6.45, 7) is 6.41. The molecule has 0 spiro atoms. The standard InChI is InChI=1S/C20H25N3O2/c1-3-25-19-9-5-4-8-17(19)22-16-10-11-18(21-13-16)20(24)23-12-6-7-15(2)14-23/h4-5,8-11,13,15,22H,3,6-7,12,14H2,1-2H3. The van der Waals surface area contributed by atoms with Crippen LogP contribution in [0.3, 0.4) is 0 Å². The number of aromatic nitrogens is 1. The van der Waals surface area contributed by atoms with Gasteiger partial charge in [0.25, 0.3) is 5.91 Å². The maximum absolute atomic E-state index is 12.6. The Morgan fingerprint density at radius 3 is 2.88 bits per heavy atom. The number of hydrogen-bond acceptors (Lipinski definition) is 4. The minimum atomic E-state index is 0.0211. The highest BCUT2D eigenvalue weighted by atomic mass is 16.5. The van der Waals surface area contributed by atoms with Gasteiger partial charge in [-0.1, -0.05) is 19.1 Å². The summed E-state index contributed by atoms with van der Waals surface area (Å²) in [5.41, 5.74) is 2.21. The largest absolute Gasteiger partial charge is 0.492 e. The zero-order valence-corrected chi connectivity index (χ0v) is 14.9. The highest BCUT2D eigenvalue weighted by Crippen LogP contribution is 2.27. The Balaban J connectivity index is 1.69. The van der Waals surface area contributed by atoms with Crippen LogP contribution in [0.1, 0.15) is 37.2 Å².